The zero-order valence-corrected chi connectivity index (χ0v) is 15.5. The number of nitrogens with two attached hydrogens (primary N) is 1. The third-order valence-corrected chi connectivity index (χ3v) is 6.29. The monoisotopic (exact) mass is 386 g/mol. The maximum absolute atomic E-state index is 12.6. The average Bonchev–Trinajstić information content (AvgIpc) is 3.13. The quantitative estimate of drug-likeness (QED) is 0.682. The van der Waals surface area contributed by atoms with Crippen molar-refractivity contribution in [2.24, 2.45) is 5.14 Å². The molecular formula is C19H18N2O3S2. The van der Waals surface area contributed by atoms with E-state index in [2.05, 4.69) is 5.32 Å². The Morgan fingerprint density at radius 2 is 1.65 bits per heavy atom. The molecule has 7 heteroatoms. The van der Waals surface area contributed by atoms with Crippen molar-refractivity contribution in [3.05, 3.63) is 88.8 Å². The van der Waals surface area contributed by atoms with E-state index in [1.807, 2.05) is 60.7 Å². The largest absolute Gasteiger partial charge is 0.345 e. The maximum Gasteiger partial charge on any atom is 0.252 e. The van der Waals surface area contributed by atoms with E-state index in [9.17, 15) is 13.2 Å². The summed E-state index contributed by atoms with van der Waals surface area (Å²) < 4.78 is 22.8. The van der Waals surface area contributed by atoms with Crippen LogP contribution in [0.25, 0.3) is 0 Å². The molecule has 0 aliphatic carbocycles. The third-order valence-electron chi connectivity index (χ3n) is 3.91. The third kappa shape index (κ3) is 4.57. The molecule has 0 aliphatic rings. The van der Waals surface area contributed by atoms with Crippen LogP contribution in [0.2, 0.25) is 0 Å². The van der Waals surface area contributed by atoms with E-state index in [-0.39, 0.29) is 21.7 Å². The summed E-state index contributed by atoms with van der Waals surface area (Å²) in [6.45, 7) is 0. The van der Waals surface area contributed by atoms with E-state index in [1.54, 1.807) is 0 Å². The van der Waals surface area contributed by atoms with Crippen LogP contribution in [0, 0.1) is 0 Å². The number of nitrogens with one attached hydrogen (secondary N) is 1. The van der Waals surface area contributed by atoms with Gasteiger partial charge in [-0.25, -0.2) is 13.6 Å². The molecule has 1 heterocycles. The molecule has 1 unspecified atom stereocenters. The van der Waals surface area contributed by atoms with Gasteiger partial charge in [0.2, 0.25) is 10.0 Å². The van der Waals surface area contributed by atoms with Gasteiger partial charge in [0.05, 0.1) is 11.6 Å². The second kappa shape index (κ2) is 7.82. The second-order valence-electron chi connectivity index (χ2n) is 5.83. The predicted molar refractivity (Wildman–Crippen MR) is 102 cm³/mol. The summed E-state index contributed by atoms with van der Waals surface area (Å²) in [5, 5.41) is 9.61. The lowest BCUT2D eigenvalue weighted by Gasteiger charge is -2.19. The highest BCUT2D eigenvalue weighted by atomic mass is 32.2. The average molecular weight is 386 g/mol. The lowest BCUT2D eigenvalue weighted by Crippen LogP contribution is -2.29. The van der Waals surface area contributed by atoms with E-state index in [1.165, 1.54) is 11.4 Å². The van der Waals surface area contributed by atoms with Gasteiger partial charge in [0.15, 0.2) is 0 Å². The standard InChI is InChI=1S/C19H18N2O3S2/c20-26(23,24)18-12-16(13-25-18)19(22)21-17(15-9-5-2-6-10-15)11-14-7-3-1-4-8-14/h1-10,12-13,17H,11H2,(H,21,22)(H2,20,23,24). The Bertz CT molecular complexity index is 984. The highest BCUT2D eigenvalue weighted by molar-refractivity contribution is 7.91. The van der Waals surface area contributed by atoms with Crippen LogP contribution >= 0.6 is 11.3 Å². The fraction of sp³-hybridized carbons (Fsp3) is 0.105. The summed E-state index contributed by atoms with van der Waals surface area (Å²) in [5.74, 6) is -0.332. The predicted octanol–water partition coefficient (Wildman–Crippen LogP) is 3.11. The first-order valence-electron chi connectivity index (χ1n) is 7.94. The molecule has 0 bridgehead atoms. The Morgan fingerprint density at radius 1 is 1.04 bits per heavy atom. The number of rotatable bonds is 6. The molecule has 5 nitrogen and oxygen atoms in total. The number of carbonyl (C=O) groups excluding carboxylic acids is 1. The molecular weight excluding hydrogens is 368 g/mol. The molecule has 0 aliphatic heterocycles. The molecule has 3 aromatic rings. The summed E-state index contributed by atoms with van der Waals surface area (Å²) in [6.07, 6.45) is 0.628. The molecule has 0 fully saturated rings. The van der Waals surface area contributed by atoms with Crippen LogP contribution in [0.1, 0.15) is 27.5 Å². The van der Waals surface area contributed by atoms with Crippen LogP contribution in [0.5, 0.6) is 0 Å². The fourth-order valence-corrected chi connectivity index (χ4v) is 4.20. The van der Waals surface area contributed by atoms with Crippen molar-refractivity contribution in [3.63, 3.8) is 0 Å². The zero-order chi connectivity index (χ0) is 18.6. The molecule has 1 atom stereocenters. The van der Waals surface area contributed by atoms with Crippen molar-refractivity contribution in [1.82, 2.24) is 5.32 Å². The van der Waals surface area contributed by atoms with Gasteiger partial charge in [-0.3, -0.25) is 4.79 Å². The number of hydrogen-bond donors (Lipinski definition) is 2. The summed E-state index contributed by atoms with van der Waals surface area (Å²) in [5.41, 5.74) is 2.36. The smallest absolute Gasteiger partial charge is 0.252 e. The van der Waals surface area contributed by atoms with Gasteiger partial charge in [-0.1, -0.05) is 60.7 Å². The first-order valence-corrected chi connectivity index (χ1v) is 10.4. The van der Waals surface area contributed by atoms with Crippen molar-refractivity contribution in [1.29, 1.82) is 0 Å². The first-order chi connectivity index (χ1) is 12.4. The Labute approximate surface area is 156 Å². The van der Waals surface area contributed by atoms with Crippen LogP contribution < -0.4 is 10.5 Å². The van der Waals surface area contributed by atoms with Crippen LogP contribution in [-0.4, -0.2) is 14.3 Å². The molecule has 3 N–H and O–H groups in total. The highest BCUT2D eigenvalue weighted by Crippen LogP contribution is 2.22. The summed E-state index contributed by atoms with van der Waals surface area (Å²) in [4.78, 5) is 12.6. The molecule has 2 aromatic carbocycles. The van der Waals surface area contributed by atoms with Crippen LogP contribution in [0.15, 0.2) is 76.3 Å². The van der Waals surface area contributed by atoms with Crippen molar-refractivity contribution < 1.29 is 13.2 Å². The van der Waals surface area contributed by atoms with Crippen LogP contribution in [-0.2, 0) is 16.4 Å². The lowest BCUT2D eigenvalue weighted by molar-refractivity contribution is 0.0937. The Morgan fingerprint density at radius 3 is 2.23 bits per heavy atom. The Hall–Kier alpha value is -2.48. The number of thiophene rings is 1. The van der Waals surface area contributed by atoms with E-state index in [0.717, 1.165) is 22.5 Å². The minimum absolute atomic E-state index is 0.0260. The Kier molecular flexibility index (Phi) is 5.51. The van der Waals surface area contributed by atoms with Crippen molar-refractivity contribution in [3.8, 4) is 0 Å². The van der Waals surface area contributed by atoms with E-state index < -0.39 is 10.0 Å². The van der Waals surface area contributed by atoms with Gasteiger partial charge in [0.1, 0.15) is 4.21 Å². The van der Waals surface area contributed by atoms with Crippen LogP contribution in [0.4, 0.5) is 0 Å². The van der Waals surface area contributed by atoms with Gasteiger partial charge in [-0.2, -0.15) is 0 Å². The molecule has 0 radical (unpaired) electrons. The lowest BCUT2D eigenvalue weighted by atomic mass is 9.98. The van der Waals surface area contributed by atoms with Gasteiger partial charge in [-0.05, 0) is 23.6 Å². The summed E-state index contributed by atoms with van der Waals surface area (Å²) >= 11 is 0.938. The van der Waals surface area contributed by atoms with E-state index >= 15 is 0 Å². The summed E-state index contributed by atoms with van der Waals surface area (Å²) in [7, 11) is -3.81. The minimum Gasteiger partial charge on any atom is -0.345 e. The number of benzene rings is 2. The topological polar surface area (TPSA) is 89.3 Å². The highest BCUT2D eigenvalue weighted by Gasteiger charge is 2.19. The molecule has 0 spiro atoms. The fourth-order valence-electron chi connectivity index (χ4n) is 2.61. The zero-order valence-electron chi connectivity index (χ0n) is 13.8. The van der Waals surface area contributed by atoms with Gasteiger partial charge in [-0.15, -0.1) is 11.3 Å². The van der Waals surface area contributed by atoms with E-state index in [4.69, 9.17) is 5.14 Å². The SMILES string of the molecule is NS(=O)(=O)c1cc(C(=O)NC(Cc2ccccc2)c2ccccc2)cs1. The molecule has 1 aromatic heterocycles. The number of primary sulfonamides is 1. The van der Waals surface area contributed by atoms with Crippen LogP contribution in [0.3, 0.4) is 0 Å². The molecule has 26 heavy (non-hydrogen) atoms. The summed E-state index contributed by atoms with van der Waals surface area (Å²) in [6, 6.07) is 20.6. The minimum atomic E-state index is -3.81. The number of sulfonamides is 1. The molecule has 1 amide bonds. The van der Waals surface area contributed by atoms with Crippen molar-refractivity contribution in [2.45, 2.75) is 16.7 Å². The number of amides is 1. The molecule has 134 valence electrons. The maximum atomic E-state index is 12.6. The first kappa shape index (κ1) is 18.3. The number of carbonyl (C=O) groups is 1. The second-order valence-corrected chi connectivity index (χ2v) is 8.53. The van der Waals surface area contributed by atoms with Gasteiger partial charge in [0, 0.05) is 5.38 Å². The molecule has 0 saturated heterocycles. The van der Waals surface area contributed by atoms with Gasteiger partial charge < -0.3 is 5.32 Å². The molecule has 0 saturated carbocycles. The van der Waals surface area contributed by atoms with Gasteiger partial charge in [0.25, 0.3) is 5.91 Å². The van der Waals surface area contributed by atoms with Crippen molar-refractivity contribution >= 4 is 27.3 Å². The van der Waals surface area contributed by atoms with E-state index in [0.29, 0.717) is 6.42 Å². The Balaban J connectivity index is 1.83. The van der Waals surface area contributed by atoms with Gasteiger partial charge >= 0.3 is 0 Å². The molecule has 3 rings (SSSR count). The van der Waals surface area contributed by atoms with Crippen molar-refractivity contribution in [2.75, 3.05) is 0 Å². The normalized spacial score (nSPS) is 12.5. The number of hydrogen-bond acceptors (Lipinski definition) is 4.